The highest BCUT2D eigenvalue weighted by Crippen LogP contribution is 2.22. The zero-order valence-corrected chi connectivity index (χ0v) is 11.4. The van der Waals surface area contributed by atoms with E-state index in [0.717, 1.165) is 18.0 Å². The van der Waals surface area contributed by atoms with Crippen molar-refractivity contribution in [2.24, 2.45) is 5.92 Å². The Morgan fingerprint density at radius 1 is 1.11 bits per heavy atom. The molecule has 100 valence electrons. The molecule has 1 saturated heterocycles. The Morgan fingerprint density at radius 3 is 2.28 bits per heavy atom. The Bertz CT molecular complexity index is 339. The molecule has 0 atom stereocenters. The number of nitrogens with zero attached hydrogens (tertiary/aromatic N) is 1. The van der Waals surface area contributed by atoms with E-state index in [1.807, 2.05) is 12.1 Å². The number of hydrogen-bond acceptors (Lipinski definition) is 2. The maximum Gasteiger partial charge on any atom is 0.0681 e. The van der Waals surface area contributed by atoms with Crippen molar-refractivity contribution in [3.05, 3.63) is 35.4 Å². The summed E-state index contributed by atoms with van der Waals surface area (Å²) in [5.74, 6) is 0.961. The van der Waals surface area contributed by atoms with Gasteiger partial charge in [0.15, 0.2) is 0 Å². The number of aliphatic hydroxyl groups excluding tert-OH is 1. The molecule has 0 aliphatic carbocycles. The molecule has 1 aromatic carbocycles. The van der Waals surface area contributed by atoms with E-state index >= 15 is 0 Å². The van der Waals surface area contributed by atoms with Crippen LogP contribution in [0.4, 0.5) is 0 Å². The summed E-state index contributed by atoms with van der Waals surface area (Å²) in [4.78, 5) is 2.56. The van der Waals surface area contributed by atoms with E-state index in [1.54, 1.807) is 0 Å². The largest absolute Gasteiger partial charge is 0.392 e. The lowest BCUT2D eigenvalue weighted by Crippen LogP contribution is -2.33. The lowest BCUT2D eigenvalue weighted by atomic mass is 9.92. The maximum absolute atomic E-state index is 9.02. The third kappa shape index (κ3) is 3.82. The van der Waals surface area contributed by atoms with E-state index in [-0.39, 0.29) is 6.61 Å². The van der Waals surface area contributed by atoms with E-state index in [0.29, 0.717) is 0 Å². The molecule has 2 rings (SSSR count). The van der Waals surface area contributed by atoms with Crippen LogP contribution in [0.25, 0.3) is 0 Å². The molecule has 0 aromatic heterocycles. The van der Waals surface area contributed by atoms with Crippen molar-refractivity contribution in [2.45, 2.75) is 45.8 Å². The van der Waals surface area contributed by atoms with Gasteiger partial charge in [0.2, 0.25) is 0 Å². The SMILES string of the molecule is CCCC1CCN(Cc2ccc(CO)cc2)CC1. The summed E-state index contributed by atoms with van der Waals surface area (Å²) in [6.07, 6.45) is 5.46. The second-order valence-electron chi connectivity index (χ2n) is 5.48. The average molecular weight is 247 g/mol. The van der Waals surface area contributed by atoms with Gasteiger partial charge in [-0.05, 0) is 43.0 Å². The molecular formula is C16H25NO. The first-order chi connectivity index (χ1) is 8.81. The Balaban J connectivity index is 1.80. The molecule has 18 heavy (non-hydrogen) atoms. The molecule has 1 aliphatic heterocycles. The van der Waals surface area contributed by atoms with Gasteiger partial charge in [-0.3, -0.25) is 4.90 Å². The topological polar surface area (TPSA) is 23.5 Å². The molecule has 0 radical (unpaired) electrons. The van der Waals surface area contributed by atoms with Crippen LogP contribution in [0.3, 0.4) is 0 Å². The monoisotopic (exact) mass is 247 g/mol. The summed E-state index contributed by atoms with van der Waals surface area (Å²) < 4.78 is 0. The molecule has 2 heteroatoms. The van der Waals surface area contributed by atoms with Crippen molar-refractivity contribution in [3.8, 4) is 0 Å². The molecular weight excluding hydrogens is 222 g/mol. The summed E-state index contributed by atoms with van der Waals surface area (Å²) in [6, 6.07) is 8.34. The Morgan fingerprint density at radius 2 is 1.72 bits per heavy atom. The third-order valence-corrected chi connectivity index (χ3v) is 4.02. The molecule has 1 aromatic rings. The Hall–Kier alpha value is -0.860. The predicted octanol–water partition coefficient (Wildman–Crippen LogP) is 3.19. The van der Waals surface area contributed by atoms with Crippen LogP contribution in [0.5, 0.6) is 0 Å². The molecule has 0 saturated carbocycles. The van der Waals surface area contributed by atoms with Crippen LogP contribution in [0, 0.1) is 5.92 Å². The second-order valence-corrected chi connectivity index (χ2v) is 5.48. The lowest BCUT2D eigenvalue weighted by molar-refractivity contribution is 0.172. The van der Waals surface area contributed by atoms with Crippen molar-refractivity contribution in [2.75, 3.05) is 13.1 Å². The quantitative estimate of drug-likeness (QED) is 0.863. The van der Waals surface area contributed by atoms with Gasteiger partial charge in [-0.2, -0.15) is 0 Å². The van der Waals surface area contributed by atoms with Gasteiger partial charge in [-0.1, -0.05) is 44.0 Å². The Kier molecular flexibility index (Phi) is 5.21. The summed E-state index contributed by atoms with van der Waals surface area (Å²) in [5, 5.41) is 9.02. The number of rotatable bonds is 5. The van der Waals surface area contributed by atoms with Crippen molar-refractivity contribution in [3.63, 3.8) is 0 Å². The van der Waals surface area contributed by atoms with Gasteiger partial charge in [-0.25, -0.2) is 0 Å². The van der Waals surface area contributed by atoms with Crippen molar-refractivity contribution in [1.82, 2.24) is 4.90 Å². The van der Waals surface area contributed by atoms with Gasteiger partial charge in [0.25, 0.3) is 0 Å². The molecule has 2 nitrogen and oxygen atoms in total. The van der Waals surface area contributed by atoms with Crippen LogP contribution in [0.15, 0.2) is 24.3 Å². The van der Waals surface area contributed by atoms with Gasteiger partial charge in [0.1, 0.15) is 0 Å². The van der Waals surface area contributed by atoms with E-state index < -0.39 is 0 Å². The van der Waals surface area contributed by atoms with E-state index in [9.17, 15) is 0 Å². The fourth-order valence-electron chi connectivity index (χ4n) is 2.85. The van der Waals surface area contributed by atoms with Gasteiger partial charge >= 0.3 is 0 Å². The summed E-state index contributed by atoms with van der Waals surface area (Å²) in [5.41, 5.74) is 2.36. The average Bonchev–Trinajstić information content (AvgIpc) is 2.42. The first-order valence-electron chi connectivity index (χ1n) is 7.23. The minimum Gasteiger partial charge on any atom is -0.392 e. The highest BCUT2D eigenvalue weighted by molar-refractivity contribution is 5.21. The fraction of sp³-hybridized carbons (Fsp3) is 0.625. The second kappa shape index (κ2) is 6.91. The van der Waals surface area contributed by atoms with E-state index in [4.69, 9.17) is 5.11 Å². The molecule has 1 N–H and O–H groups in total. The van der Waals surface area contributed by atoms with Crippen LogP contribution < -0.4 is 0 Å². The van der Waals surface area contributed by atoms with Gasteiger partial charge in [-0.15, -0.1) is 0 Å². The van der Waals surface area contributed by atoms with Crippen LogP contribution in [0.1, 0.15) is 43.7 Å². The van der Waals surface area contributed by atoms with E-state index in [1.165, 1.54) is 44.3 Å². The van der Waals surface area contributed by atoms with Crippen molar-refractivity contribution >= 4 is 0 Å². The minimum absolute atomic E-state index is 0.142. The van der Waals surface area contributed by atoms with Gasteiger partial charge in [0.05, 0.1) is 6.61 Å². The minimum atomic E-state index is 0.142. The highest BCUT2D eigenvalue weighted by atomic mass is 16.3. The maximum atomic E-state index is 9.02. The first kappa shape index (κ1) is 13.6. The molecule has 0 amide bonds. The van der Waals surface area contributed by atoms with E-state index in [2.05, 4.69) is 24.0 Å². The molecule has 0 bridgehead atoms. The number of aliphatic hydroxyl groups is 1. The number of benzene rings is 1. The summed E-state index contributed by atoms with van der Waals surface area (Å²) >= 11 is 0. The lowest BCUT2D eigenvalue weighted by Gasteiger charge is -2.31. The summed E-state index contributed by atoms with van der Waals surface area (Å²) in [6.45, 7) is 5.97. The van der Waals surface area contributed by atoms with Gasteiger partial charge < -0.3 is 5.11 Å². The molecule has 1 heterocycles. The molecule has 0 spiro atoms. The zero-order chi connectivity index (χ0) is 12.8. The zero-order valence-electron chi connectivity index (χ0n) is 11.4. The van der Waals surface area contributed by atoms with Crippen LogP contribution in [0.2, 0.25) is 0 Å². The summed E-state index contributed by atoms with van der Waals surface area (Å²) in [7, 11) is 0. The van der Waals surface area contributed by atoms with Crippen LogP contribution in [-0.4, -0.2) is 23.1 Å². The standard InChI is InChI=1S/C16H25NO/c1-2-3-14-8-10-17(11-9-14)12-15-4-6-16(13-18)7-5-15/h4-7,14,18H,2-3,8-13H2,1H3. The molecule has 0 unspecified atom stereocenters. The van der Waals surface area contributed by atoms with Crippen molar-refractivity contribution < 1.29 is 5.11 Å². The molecule has 1 fully saturated rings. The third-order valence-electron chi connectivity index (χ3n) is 4.02. The van der Waals surface area contributed by atoms with Gasteiger partial charge in [0, 0.05) is 6.54 Å². The fourth-order valence-corrected chi connectivity index (χ4v) is 2.85. The Labute approximate surface area is 111 Å². The normalized spacial score (nSPS) is 18.1. The molecule has 1 aliphatic rings. The number of hydrogen-bond donors (Lipinski definition) is 1. The predicted molar refractivity (Wildman–Crippen MR) is 75.3 cm³/mol. The van der Waals surface area contributed by atoms with Crippen LogP contribution >= 0.6 is 0 Å². The number of likely N-dealkylation sites (tertiary alicyclic amines) is 1. The smallest absolute Gasteiger partial charge is 0.0681 e. The van der Waals surface area contributed by atoms with Crippen molar-refractivity contribution in [1.29, 1.82) is 0 Å². The highest BCUT2D eigenvalue weighted by Gasteiger charge is 2.18. The van der Waals surface area contributed by atoms with Crippen LogP contribution in [-0.2, 0) is 13.2 Å². The number of piperidine rings is 1. The first-order valence-corrected chi connectivity index (χ1v) is 7.23.